The minimum absolute atomic E-state index is 0.0245. The van der Waals surface area contributed by atoms with Crippen molar-refractivity contribution in [2.75, 3.05) is 0 Å². The van der Waals surface area contributed by atoms with Gasteiger partial charge in [0.2, 0.25) is 0 Å². The van der Waals surface area contributed by atoms with Crippen LogP contribution in [0, 0.1) is 12.3 Å². The minimum Gasteiger partial charge on any atom is -0.476 e. The third kappa shape index (κ3) is 2.94. The van der Waals surface area contributed by atoms with Gasteiger partial charge in [-0.15, -0.1) is 0 Å². The Morgan fingerprint density at radius 3 is 2.47 bits per heavy atom. The number of carboxylic acids is 1. The molecule has 1 rings (SSSR count). The summed E-state index contributed by atoms with van der Waals surface area (Å²) in [4.78, 5) is 10.7. The first-order chi connectivity index (χ1) is 6.81. The highest BCUT2D eigenvalue weighted by molar-refractivity contribution is 5.87. The fraction of sp³-hybridized carbons (Fsp3) is 0.455. The van der Waals surface area contributed by atoms with Crippen molar-refractivity contribution in [3.63, 3.8) is 0 Å². The smallest absolute Gasteiger partial charge is 0.358 e. The zero-order chi connectivity index (χ0) is 11.6. The molecule has 4 nitrogen and oxygen atoms in total. The highest BCUT2D eigenvalue weighted by Crippen LogP contribution is 2.20. The van der Waals surface area contributed by atoms with Gasteiger partial charge in [-0.05, 0) is 18.4 Å². The van der Waals surface area contributed by atoms with E-state index in [-0.39, 0.29) is 11.1 Å². The highest BCUT2D eigenvalue weighted by atomic mass is 16.5. The molecule has 0 aliphatic rings. The van der Waals surface area contributed by atoms with E-state index in [1.54, 1.807) is 13.0 Å². The lowest BCUT2D eigenvalue weighted by Crippen LogP contribution is -1.99. The van der Waals surface area contributed by atoms with Crippen molar-refractivity contribution in [3.05, 3.63) is 23.1 Å². The van der Waals surface area contributed by atoms with Gasteiger partial charge in [-0.1, -0.05) is 32.0 Å². The van der Waals surface area contributed by atoms with Gasteiger partial charge in [-0.3, -0.25) is 0 Å². The lowest BCUT2D eigenvalue weighted by molar-refractivity contribution is 0.0685. The molecule has 0 aromatic carbocycles. The zero-order valence-corrected chi connectivity index (χ0v) is 9.37. The lowest BCUT2D eigenvalue weighted by Gasteiger charge is -2.10. The second-order valence-corrected chi connectivity index (χ2v) is 4.52. The van der Waals surface area contributed by atoms with Crippen LogP contribution in [0.3, 0.4) is 0 Å². The van der Waals surface area contributed by atoms with Crippen molar-refractivity contribution < 1.29 is 14.4 Å². The minimum atomic E-state index is -1.06. The summed E-state index contributed by atoms with van der Waals surface area (Å²) in [5.41, 5.74) is 0.564. The number of aromatic nitrogens is 1. The van der Waals surface area contributed by atoms with Crippen LogP contribution in [0.5, 0.6) is 0 Å². The summed E-state index contributed by atoms with van der Waals surface area (Å²) in [6.07, 6.45) is 3.71. The van der Waals surface area contributed by atoms with Crippen LogP contribution in [0.15, 0.2) is 10.6 Å². The van der Waals surface area contributed by atoms with E-state index in [4.69, 9.17) is 9.63 Å². The first-order valence-electron chi connectivity index (χ1n) is 4.70. The highest BCUT2D eigenvalue weighted by Gasteiger charge is 2.16. The quantitative estimate of drug-likeness (QED) is 0.813. The molecule has 0 fully saturated rings. The number of carbonyl (C=O) groups is 1. The molecular formula is C11H15NO3. The van der Waals surface area contributed by atoms with Crippen LogP contribution in [0.2, 0.25) is 0 Å². The number of hydrogen-bond donors (Lipinski definition) is 1. The number of hydrogen-bond acceptors (Lipinski definition) is 3. The average molecular weight is 209 g/mol. The van der Waals surface area contributed by atoms with Crippen LogP contribution in [0.1, 0.15) is 42.6 Å². The number of nitrogens with zero attached hydrogens (tertiary/aromatic N) is 1. The fourth-order valence-electron chi connectivity index (χ4n) is 1.03. The van der Waals surface area contributed by atoms with E-state index >= 15 is 0 Å². The summed E-state index contributed by atoms with van der Waals surface area (Å²) < 4.78 is 4.93. The van der Waals surface area contributed by atoms with Gasteiger partial charge in [-0.2, -0.15) is 0 Å². The molecule has 15 heavy (non-hydrogen) atoms. The SMILES string of the molecule is Cc1c(C(=O)O)noc1C=CC(C)(C)C. The Hall–Kier alpha value is -1.58. The monoisotopic (exact) mass is 209 g/mol. The number of carboxylic acid groups (broad SMARTS) is 1. The number of allylic oxidation sites excluding steroid dienone is 1. The van der Waals surface area contributed by atoms with E-state index in [1.165, 1.54) is 0 Å². The maximum atomic E-state index is 10.7. The van der Waals surface area contributed by atoms with E-state index in [0.717, 1.165) is 0 Å². The van der Waals surface area contributed by atoms with Crippen molar-refractivity contribution in [1.29, 1.82) is 0 Å². The second-order valence-electron chi connectivity index (χ2n) is 4.52. The Morgan fingerprint density at radius 2 is 2.07 bits per heavy atom. The molecule has 1 aromatic rings. The Morgan fingerprint density at radius 1 is 1.47 bits per heavy atom. The molecule has 82 valence electrons. The molecule has 4 heteroatoms. The van der Waals surface area contributed by atoms with Crippen LogP contribution in [0.25, 0.3) is 6.08 Å². The van der Waals surface area contributed by atoms with Crippen molar-refractivity contribution in [2.24, 2.45) is 5.41 Å². The Balaban J connectivity index is 2.98. The van der Waals surface area contributed by atoms with Crippen LogP contribution in [0.4, 0.5) is 0 Å². The summed E-state index contributed by atoms with van der Waals surface area (Å²) in [5.74, 6) is -0.561. The summed E-state index contributed by atoms with van der Waals surface area (Å²) in [7, 11) is 0. The molecule has 0 bridgehead atoms. The molecule has 0 aliphatic heterocycles. The molecule has 0 saturated heterocycles. The Labute approximate surface area is 88.6 Å². The summed E-state index contributed by atoms with van der Waals surface area (Å²) in [5, 5.41) is 12.3. The molecule has 1 N–H and O–H groups in total. The van der Waals surface area contributed by atoms with Crippen molar-refractivity contribution in [1.82, 2.24) is 5.16 Å². The summed E-state index contributed by atoms with van der Waals surface area (Å²) in [6, 6.07) is 0. The second kappa shape index (κ2) is 3.88. The Bertz CT molecular complexity index is 396. The van der Waals surface area contributed by atoms with Gasteiger partial charge in [-0.25, -0.2) is 4.79 Å². The van der Waals surface area contributed by atoms with E-state index in [9.17, 15) is 4.79 Å². The van der Waals surface area contributed by atoms with E-state index < -0.39 is 5.97 Å². The molecule has 0 radical (unpaired) electrons. The Kier molecular flexibility index (Phi) is 2.98. The number of rotatable bonds is 2. The maximum Gasteiger partial charge on any atom is 0.358 e. The van der Waals surface area contributed by atoms with Crippen molar-refractivity contribution in [2.45, 2.75) is 27.7 Å². The molecular weight excluding hydrogens is 194 g/mol. The molecule has 0 unspecified atom stereocenters. The average Bonchev–Trinajstić information content (AvgIpc) is 2.42. The van der Waals surface area contributed by atoms with Gasteiger partial charge in [0.05, 0.1) is 0 Å². The number of aromatic carboxylic acids is 1. The van der Waals surface area contributed by atoms with Crippen molar-refractivity contribution >= 4 is 12.0 Å². The molecule has 0 amide bonds. The molecule has 1 heterocycles. The predicted octanol–water partition coefficient (Wildman–Crippen LogP) is 2.74. The standard InChI is InChI=1S/C11H15NO3/c1-7-8(5-6-11(2,3)4)15-12-9(7)10(13)14/h5-6H,1-4H3,(H,13,14). The fourth-order valence-corrected chi connectivity index (χ4v) is 1.03. The van der Waals surface area contributed by atoms with E-state index in [0.29, 0.717) is 11.3 Å². The maximum absolute atomic E-state index is 10.7. The van der Waals surface area contributed by atoms with Gasteiger partial charge in [0.15, 0.2) is 11.5 Å². The zero-order valence-electron chi connectivity index (χ0n) is 9.37. The van der Waals surface area contributed by atoms with Crippen LogP contribution in [-0.2, 0) is 0 Å². The first kappa shape index (κ1) is 11.5. The normalized spacial score (nSPS) is 12.3. The summed E-state index contributed by atoms with van der Waals surface area (Å²) >= 11 is 0. The third-order valence-electron chi connectivity index (χ3n) is 1.90. The van der Waals surface area contributed by atoms with Crippen LogP contribution in [-0.4, -0.2) is 16.2 Å². The van der Waals surface area contributed by atoms with E-state index in [2.05, 4.69) is 5.16 Å². The molecule has 1 aromatic heterocycles. The first-order valence-corrected chi connectivity index (χ1v) is 4.70. The van der Waals surface area contributed by atoms with Gasteiger partial charge in [0, 0.05) is 5.56 Å². The molecule has 0 aliphatic carbocycles. The van der Waals surface area contributed by atoms with Crippen molar-refractivity contribution in [3.8, 4) is 0 Å². The topological polar surface area (TPSA) is 63.3 Å². The summed E-state index contributed by atoms with van der Waals surface area (Å²) in [6.45, 7) is 7.83. The van der Waals surface area contributed by atoms with Gasteiger partial charge in [0.25, 0.3) is 0 Å². The van der Waals surface area contributed by atoms with Crippen LogP contribution >= 0.6 is 0 Å². The lowest BCUT2D eigenvalue weighted by atomic mass is 9.96. The van der Waals surface area contributed by atoms with Gasteiger partial charge in [0.1, 0.15) is 0 Å². The molecule has 0 saturated carbocycles. The van der Waals surface area contributed by atoms with E-state index in [1.807, 2.05) is 26.8 Å². The third-order valence-corrected chi connectivity index (χ3v) is 1.90. The largest absolute Gasteiger partial charge is 0.476 e. The van der Waals surface area contributed by atoms with Gasteiger partial charge >= 0.3 is 5.97 Å². The van der Waals surface area contributed by atoms with Crippen LogP contribution < -0.4 is 0 Å². The van der Waals surface area contributed by atoms with Gasteiger partial charge < -0.3 is 9.63 Å². The molecule has 0 atom stereocenters. The molecule has 0 spiro atoms. The predicted molar refractivity (Wildman–Crippen MR) is 56.7 cm³/mol.